The second kappa shape index (κ2) is 11.2. The highest BCUT2D eigenvalue weighted by Crippen LogP contribution is 2.35. The van der Waals surface area contributed by atoms with Crippen molar-refractivity contribution in [1.29, 1.82) is 0 Å². The summed E-state index contributed by atoms with van der Waals surface area (Å²) in [6, 6.07) is 1.01. The molecule has 0 saturated carbocycles. The molecule has 1 aromatic rings. The third kappa shape index (κ3) is 8.18. The first-order valence-corrected chi connectivity index (χ1v) is 7.54. The maximum Gasteiger partial charge on any atom is 0.420 e. The Balaban J connectivity index is 0. The highest BCUT2D eigenvalue weighted by atomic mass is 35.5. The van der Waals surface area contributed by atoms with Gasteiger partial charge in [0, 0.05) is 0 Å². The number of Topliss-reactive ketones (excluding diaryl/α,β-unsaturated/α-hetero) is 1. The van der Waals surface area contributed by atoms with Crippen LogP contribution in [0, 0.1) is 6.92 Å². The first kappa shape index (κ1) is 23.9. The van der Waals surface area contributed by atoms with E-state index in [1.165, 1.54) is 13.8 Å². The number of hydrogen-bond acceptors (Lipinski definition) is 4. The smallest absolute Gasteiger partial charge is 0.420 e. The Morgan fingerprint density at radius 2 is 1.83 bits per heavy atom. The Morgan fingerprint density at radius 3 is 2.17 bits per heavy atom. The molecule has 134 valence electrons. The summed E-state index contributed by atoms with van der Waals surface area (Å²) in [6.45, 7) is 10.5. The topological polar surface area (TPSA) is 59.4 Å². The fraction of sp³-hybridized carbons (Fsp3) is 0.600. The summed E-state index contributed by atoms with van der Waals surface area (Å²) in [7, 11) is 0. The zero-order chi connectivity index (χ0) is 18.8. The molecule has 1 N–H and O–H groups in total. The van der Waals surface area contributed by atoms with Crippen LogP contribution in [0.4, 0.5) is 13.2 Å². The van der Waals surface area contributed by atoms with Crippen LogP contribution in [0.2, 0.25) is 5.15 Å². The van der Waals surface area contributed by atoms with E-state index in [0.717, 1.165) is 6.07 Å². The Hall–Kier alpha value is -1.34. The van der Waals surface area contributed by atoms with Crippen molar-refractivity contribution in [1.82, 2.24) is 4.98 Å². The van der Waals surface area contributed by atoms with Gasteiger partial charge in [0.25, 0.3) is 0 Å². The number of carbonyl (C=O) groups excluding carboxylic acids is 1. The van der Waals surface area contributed by atoms with Crippen LogP contribution in [0.1, 0.15) is 52.0 Å². The monoisotopic (exact) mass is 357 g/mol. The number of ether oxygens (including phenoxy) is 1. The molecule has 0 radical (unpaired) electrons. The summed E-state index contributed by atoms with van der Waals surface area (Å²) in [5.41, 5.74) is -0.371. The van der Waals surface area contributed by atoms with Crippen LogP contribution in [0.5, 0.6) is 5.75 Å². The van der Waals surface area contributed by atoms with Gasteiger partial charge in [-0.25, -0.2) is 4.98 Å². The lowest BCUT2D eigenvalue weighted by Crippen LogP contribution is -2.21. The largest absolute Gasteiger partial charge is 0.482 e. The molecule has 1 atom stereocenters. The highest BCUT2D eigenvalue weighted by molar-refractivity contribution is 6.31. The van der Waals surface area contributed by atoms with Gasteiger partial charge in [0.15, 0.2) is 22.8 Å². The van der Waals surface area contributed by atoms with Gasteiger partial charge < -0.3 is 9.84 Å². The quantitative estimate of drug-likeness (QED) is 0.796. The van der Waals surface area contributed by atoms with E-state index < -0.39 is 18.0 Å². The van der Waals surface area contributed by atoms with Gasteiger partial charge in [0.05, 0.1) is 5.69 Å². The number of pyridine rings is 1. The number of aliphatic hydroxyl groups excluding tert-OH is 1. The van der Waals surface area contributed by atoms with Gasteiger partial charge in [-0.2, -0.15) is 13.2 Å². The molecule has 0 aliphatic heterocycles. The summed E-state index contributed by atoms with van der Waals surface area (Å²) in [6.07, 6.45) is -7.55. The SMILES string of the molecule is CC.CC.CC(=O)COc1c(C)cc(C(O)C(F)(F)F)nc1Cl. The van der Waals surface area contributed by atoms with Gasteiger partial charge in [0.2, 0.25) is 0 Å². The molecule has 1 rings (SSSR count). The van der Waals surface area contributed by atoms with Crippen molar-refractivity contribution >= 4 is 17.4 Å². The van der Waals surface area contributed by atoms with Gasteiger partial charge >= 0.3 is 6.18 Å². The van der Waals surface area contributed by atoms with Gasteiger partial charge in [-0.15, -0.1) is 0 Å². The van der Waals surface area contributed by atoms with Crippen LogP contribution in [0.25, 0.3) is 0 Å². The van der Waals surface area contributed by atoms with Crippen molar-refractivity contribution < 1.29 is 27.8 Å². The molecule has 0 fully saturated rings. The predicted octanol–water partition coefficient (Wildman–Crippen LogP) is 4.66. The lowest BCUT2D eigenvalue weighted by Gasteiger charge is -2.16. The lowest BCUT2D eigenvalue weighted by atomic mass is 10.1. The van der Waals surface area contributed by atoms with Crippen LogP contribution in [0.15, 0.2) is 6.07 Å². The van der Waals surface area contributed by atoms with Crippen LogP contribution in [-0.2, 0) is 4.79 Å². The number of carbonyl (C=O) groups is 1. The van der Waals surface area contributed by atoms with Crippen LogP contribution >= 0.6 is 11.6 Å². The van der Waals surface area contributed by atoms with E-state index in [1.807, 2.05) is 27.7 Å². The molecule has 4 nitrogen and oxygen atoms in total. The van der Waals surface area contributed by atoms with Crippen molar-refractivity contribution in [3.05, 3.63) is 22.5 Å². The van der Waals surface area contributed by atoms with Crippen molar-refractivity contribution in [2.75, 3.05) is 6.61 Å². The van der Waals surface area contributed by atoms with E-state index in [-0.39, 0.29) is 28.9 Å². The Morgan fingerprint density at radius 1 is 1.35 bits per heavy atom. The van der Waals surface area contributed by atoms with Crippen molar-refractivity contribution in [2.45, 2.75) is 53.8 Å². The summed E-state index contributed by atoms with van der Waals surface area (Å²) >= 11 is 5.69. The maximum atomic E-state index is 12.3. The molecule has 1 unspecified atom stereocenters. The maximum absolute atomic E-state index is 12.3. The molecule has 1 aromatic heterocycles. The van der Waals surface area contributed by atoms with Crippen molar-refractivity contribution in [3.63, 3.8) is 0 Å². The second-order valence-corrected chi connectivity index (χ2v) is 4.28. The minimum atomic E-state index is -4.83. The average Bonchev–Trinajstić information content (AvgIpc) is 2.48. The average molecular weight is 358 g/mol. The molecule has 1 heterocycles. The third-order valence-electron chi connectivity index (χ3n) is 2.15. The molecule has 8 heteroatoms. The normalized spacial score (nSPS) is 11.4. The van der Waals surface area contributed by atoms with Gasteiger partial charge in [0.1, 0.15) is 6.61 Å². The van der Waals surface area contributed by atoms with Crippen LogP contribution < -0.4 is 4.74 Å². The predicted molar refractivity (Wildman–Crippen MR) is 83.9 cm³/mol. The highest BCUT2D eigenvalue weighted by Gasteiger charge is 2.40. The van der Waals surface area contributed by atoms with Gasteiger partial charge in [-0.3, -0.25) is 4.79 Å². The molecule has 0 aromatic carbocycles. The number of aliphatic hydroxyl groups is 1. The summed E-state index contributed by atoms with van der Waals surface area (Å²) in [4.78, 5) is 14.2. The Labute approximate surface area is 139 Å². The lowest BCUT2D eigenvalue weighted by molar-refractivity contribution is -0.207. The van der Waals surface area contributed by atoms with E-state index in [0.29, 0.717) is 0 Å². The minimum Gasteiger partial charge on any atom is -0.482 e. The number of halogens is 4. The second-order valence-electron chi connectivity index (χ2n) is 3.92. The molecular formula is C15H23ClF3NO3. The van der Waals surface area contributed by atoms with Gasteiger partial charge in [-0.1, -0.05) is 39.3 Å². The van der Waals surface area contributed by atoms with E-state index in [9.17, 15) is 18.0 Å². The zero-order valence-electron chi connectivity index (χ0n) is 14.1. The molecule has 23 heavy (non-hydrogen) atoms. The summed E-state index contributed by atoms with van der Waals surface area (Å²) < 4.78 is 42.1. The standard InChI is InChI=1S/C11H11ClF3NO3.2C2H6/c1-5-3-7(9(18)11(13,14)15)16-10(12)8(5)19-4-6(2)17;2*1-2/h3,9,18H,4H2,1-2H3;2*1-2H3. The number of aromatic nitrogens is 1. The minimum absolute atomic E-state index is 0.0231. The van der Waals surface area contributed by atoms with Crippen LogP contribution in [-0.4, -0.2) is 28.7 Å². The fourth-order valence-electron chi connectivity index (χ4n) is 1.30. The van der Waals surface area contributed by atoms with E-state index in [2.05, 4.69) is 4.98 Å². The molecule has 0 bridgehead atoms. The number of hydrogen-bond donors (Lipinski definition) is 1. The fourth-order valence-corrected chi connectivity index (χ4v) is 1.60. The Bertz CT molecular complexity index is 470. The molecule has 0 aliphatic rings. The number of alkyl halides is 3. The number of ketones is 1. The summed E-state index contributed by atoms with van der Waals surface area (Å²) in [5.74, 6) is -0.245. The molecule has 0 amide bonds. The Kier molecular flexibility index (Phi) is 11.7. The van der Waals surface area contributed by atoms with E-state index >= 15 is 0 Å². The number of nitrogens with zero attached hydrogens (tertiary/aromatic N) is 1. The molecule has 0 aliphatic carbocycles. The van der Waals surface area contributed by atoms with E-state index in [1.54, 1.807) is 0 Å². The summed E-state index contributed by atoms with van der Waals surface area (Å²) in [5, 5.41) is 8.74. The van der Waals surface area contributed by atoms with E-state index in [4.69, 9.17) is 21.4 Å². The zero-order valence-corrected chi connectivity index (χ0v) is 14.8. The molecule has 0 spiro atoms. The number of aryl methyl sites for hydroxylation is 1. The molecular weight excluding hydrogens is 335 g/mol. The van der Waals surface area contributed by atoms with Crippen molar-refractivity contribution in [2.24, 2.45) is 0 Å². The number of rotatable bonds is 4. The molecule has 0 saturated heterocycles. The first-order valence-electron chi connectivity index (χ1n) is 7.17. The van der Waals surface area contributed by atoms with Crippen molar-refractivity contribution in [3.8, 4) is 5.75 Å². The van der Waals surface area contributed by atoms with Gasteiger partial charge in [-0.05, 0) is 25.5 Å². The third-order valence-corrected chi connectivity index (χ3v) is 2.40. The van der Waals surface area contributed by atoms with Crippen LogP contribution in [0.3, 0.4) is 0 Å². The first-order chi connectivity index (χ1) is 10.6.